The molecule has 1 unspecified atom stereocenters. The summed E-state index contributed by atoms with van der Waals surface area (Å²) in [5.41, 5.74) is 0.357. The molecule has 5 nitrogen and oxygen atoms in total. The van der Waals surface area contributed by atoms with Gasteiger partial charge in [-0.05, 0) is 50.4 Å². The number of hydrogen-bond acceptors (Lipinski definition) is 3. The Morgan fingerprint density at radius 1 is 1.28 bits per heavy atom. The van der Waals surface area contributed by atoms with Crippen LogP contribution in [0.25, 0.3) is 0 Å². The second-order valence-electron chi connectivity index (χ2n) is 6.57. The molecular weight excluding hydrogens is 385 g/mol. The molecule has 1 heterocycles. The summed E-state index contributed by atoms with van der Waals surface area (Å²) in [4.78, 5) is 24.5. The highest BCUT2D eigenvalue weighted by Gasteiger charge is 2.28. The Kier molecular flexibility index (Phi) is 8.48. The van der Waals surface area contributed by atoms with Gasteiger partial charge in [-0.2, -0.15) is 0 Å². The van der Waals surface area contributed by atoms with E-state index in [0.717, 1.165) is 25.9 Å². The first-order chi connectivity index (χ1) is 11.3. The van der Waals surface area contributed by atoms with Crippen LogP contribution in [0.4, 0.5) is 0 Å². The predicted molar refractivity (Wildman–Crippen MR) is 104 cm³/mol. The van der Waals surface area contributed by atoms with Gasteiger partial charge < -0.3 is 16.0 Å². The Bertz CT molecular complexity index is 619. The summed E-state index contributed by atoms with van der Waals surface area (Å²) >= 11 is 11.9. The number of carbonyl (C=O) groups excluding carboxylic acids is 2. The molecule has 1 aliphatic heterocycles. The summed E-state index contributed by atoms with van der Waals surface area (Å²) in [7, 11) is 0. The summed E-state index contributed by atoms with van der Waals surface area (Å²) < 4.78 is 0. The molecule has 140 valence electrons. The van der Waals surface area contributed by atoms with Crippen LogP contribution < -0.4 is 16.0 Å². The number of piperidine rings is 1. The highest BCUT2D eigenvalue weighted by atomic mass is 35.5. The van der Waals surface area contributed by atoms with E-state index in [1.807, 2.05) is 0 Å². The lowest BCUT2D eigenvalue weighted by Gasteiger charge is -2.34. The Morgan fingerprint density at radius 2 is 1.92 bits per heavy atom. The molecule has 0 spiro atoms. The van der Waals surface area contributed by atoms with Crippen molar-refractivity contribution >= 4 is 47.4 Å². The maximum atomic E-state index is 12.3. The molecule has 8 heteroatoms. The molecule has 0 aliphatic carbocycles. The molecule has 0 aromatic heterocycles. The Morgan fingerprint density at radius 3 is 2.56 bits per heavy atom. The first-order valence-electron chi connectivity index (χ1n) is 8.06. The van der Waals surface area contributed by atoms with Crippen LogP contribution in [-0.2, 0) is 4.79 Å². The molecule has 2 rings (SSSR count). The van der Waals surface area contributed by atoms with E-state index >= 15 is 0 Å². The van der Waals surface area contributed by atoms with Crippen molar-refractivity contribution in [2.24, 2.45) is 5.41 Å². The minimum atomic E-state index is -0.655. The average molecular weight is 409 g/mol. The van der Waals surface area contributed by atoms with Crippen molar-refractivity contribution in [3.63, 3.8) is 0 Å². The maximum Gasteiger partial charge on any atom is 0.253 e. The van der Waals surface area contributed by atoms with Gasteiger partial charge in [-0.3, -0.25) is 9.59 Å². The molecule has 1 atom stereocenters. The van der Waals surface area contributed by atoms with Crippen molar-refractivity contribution in [3.8, 4) is 0 Å². The molecular formula is C17H24Cl3N3O2. The summed E-state index contributed by atoms with van der Waals surface area (Å²) in [6.45, 7) is 6.35. The third kappa shape index (κ3) is 6.03. The SMILES string of the molecule is CC(NC(=O)c1cccc(Cl)c1Cl)C(=O)NCC1(C)CCNCC1.Cl. The van der Waals surface area contributed by atoms with Gasteiger partial charge in [0.15, 0.2) is 0 Å². The monoisotopic (exact) mass is 407 g/mol. The van der Waals surface area contributed by atoms with Crippen LogP contribution in [0, 0.1) is 5.41 Å². The molecule has 0 saturated carbocycles. The molecule has 1 aliphatic rings. The zero-order chi connectivity index (χ0) is 17.7. The molecule has 2 amide bonds. The van der Waals surface area contributed by atoms with Gasteiger partial charge in [0.1, 0.15) is 6.04 Å². The minimum absolute atomic E-state index is 0. The van der Waals surface area contributed by atoms with E-state index in [1.165, 1.54) is 0 Å². The van der Waals surface area contributed by atoms with Crippen molar-refractivity contribution in [3.05, 3.63) is 33.8 Å². The maximum absolute atomic E-state index is 12.3. The fraction of sp³-hybridized carbons (Fsp3) is 0.529. The smallest absolute Gasteiger partial charge is 0.253 e. The topological polar surface area (TPSA) is 70.2 Å². The van der Waals surface area contributed by atoms with Crippen LogP contribution in [0.1, 0.15) is 37.0 Å². The predicted octanol–water partition coefficient (Wildman–Crippen LogP) is 3.04. The molecule has 1 fully saturated rings. The second-order valence-corrected chi connectivity index (χ2v) is 7.36. The minimum Gasteiger partial charge on any atom is -0.354 e. The Balaban J connectivity index is 0.00000312. The van der Waals surface area contributed by atoms with E-state index in [1.54, 1.807) is 25.1 Å². The first-order valence-corrected chi connectivity index (χ1v) is 8.81. The lowest BCUT2D eigenvalue weighted by Crippen LogP contribution is -2.49. The van der Waals surface area contributed by atoms with Crippen LogP contribution in [0.2, 0.25) is 10.0 Å². The van der Waals surface area contributed by atoms with Crippen molar-refractivity contribution < 1.29 is 9.59 Å². The van der Waals surface area contributed by atoms with E-state index in [2.05, 4.69) is 22.9 Å². The number of halogens is 3. The van der Waals surface area contributed by atoms with Gasteiger partial charge in [-0.1, -0.05) is 36.2 Å². The second kappa shape index (κ2) is 9.62. The lowest BCUT2D eigenvalue weighted by atomic mass is 9.81. The van der Waals surface area contributed by atoms with Gasteiger partial charge in [0.25, 0.3) is 5.91 Å². The van der Waals surface area contributed by atoms with E-state index in [-0.39, 0.29) is 34.3 Å². The van der Waals surface area contributed by atoms with Gasteiger partial charge in [0, 0.05) is 6.54 Å². The number of benzene rings is 1. The van der Waals surface area contributed by atoms with Crippen molar-refractivity contribution in [2.45, 2.75) is 32.7 Å². The fourth-order valence-corrected chi connectivity index (χ4v) is 3.07. The highest BCUT2D eigenvalue weighted by molar-refractivity contribution is 6.43. The van der Waals surface area contributed by atoms with Crippen molar-refractivity contribution in [1.82, 2.24) is 16.0 Å². The molecule has 1 aromatic rings. The number of nitrogens with one attached hydrogen (secondary N) is 3. The van der Waals surface area contributed by atoms with Crippen LogP contribution >= 0.6 is 35.6 Å². The van der Waals surface area contributed by atoms with E-state index < -0.39 is 11.9 Å². The van der Waals surface area contributed by atoms with Crippen LogP contribution in [0.15, 0.2) is 18.2 Å². The van der Waals surface area contributed by atoms with Gasteiger partial charge in [0.2, 0.25) is 5.91 Å². The third-order valence-corrected chi connectivity index (χ3v) is 5.26. The Labute approximate surface area is 164 Å². The molecule has 3 N–H and O–H groups in total. The standard InChI is InChI=1S/C17H23Cl2N3O2.ClH/c1-11(15(23)21-10-17(2)6-8-20-9-7-17)22-16(24)12-4-3-5-13(18)14(12)19;/h3-5,11,20H,6-10H2,1-2H3,(H,21,23)(H,22,24);1H. The lowest BCUT2D eigenvalue weighted by molar-refractivity contribution is -0.123. The molecule has 1 aromatic carbocycles. The summed E-state index contributed by atoms with van der Waals surface area (Å²) in [6, 6.07) is 4.17. The van der Waals surface area contributed by atoms with Crippen LogP contribution in [-0.4, -0.2) is 37.5 Å². The Hall–Kier alpha value is -1.01. The largest absolute Gasteiger partial charge is 0.354 e. The number of amides is 2. The highest BCUT2D eigenvalue weighted by Crippen LogP contribution is 2.27. The normalized spacial score (nSPS) is 17.1. The van der Waals surface area contributed by atoms with Gasteiger partial charge >= 0.3 is 0 Å². The molecule has 0 bridgehead atoms. The van der Waals surface area contributed by atoms with Crippen molar-refractivity contribution in [2.75, 3.05) is 19.6 Å². The fourth-order valence-electron chi connectivity index (χ4n) is 2.68. The third-order valence-electron chi connectivity index (χ3n) is 4.44. The number of rotatable bonds is 5. The van der Waals surface area contributed by atoms with Crippen LogP contribution in [0.3, 0.4) is 0 Å². The number of hydrogen-bond donors (Lipinski definition) is 3. The van der Waals surface area contributed by atoms with E-state index in [4.69, 9.17) is 23.2 Å². The van der Waals surface area contributed by atoms with E-state index in [9.17, 15) is 9.59 Å². The van der Waals surface area contributed by atoms with Gasteiger partial charge in [-0.15, -0.1) is 12.4 Å². The van der Waals surface area contributed by atoms with Gasteiger partial charge in [0.05, 0.1) is 15.6 Å². The zero-order valence-electron chi connectivity index (χ0n) is 14.3. The molecule has 1 saturated heterocycles. The first kappa shape index (κ1) is 22.0. The summed E-state index contributed by atoms with van der Waals surface area (Å²) in [5.74, 6) is -0.625. The van der Waals surface area contributed by atoms with Crippen molar-refractivity contribution in [1.29, 1.82) is 0 Å². The summed E-state index contributed by atoms with van der Waals surface area (Å²) in [6.07, 6.45) is 2.04. The quantitative estimate of drug-likeness (QED) is 0.701. The zero-order valence-corrected chi connectivity index (χ0v) is 16.7. The molecule has 25 heavy (non-hydrogen) atoms. The number of carbonyl (C=O) groups is 2. The average Bonchev–Trinajstić information content (AvgIpc) is 2.55. The molecule has 0 radical (unpaired) electrons. The van der Waals surface area contributed by atoms with Crippen LogP contribution in [0.5, 0.6) is 0 Å². The van der Waals surface area contributed by atoms with E-state index in [0.29, 0.717) is 11.6 Å². The summed E-state index contributed by atoms with van der Waals surface area (Å²) in [5, 5.41) is 9.40. The van der Waals surface area contributed by atoms with Gasteiger partial charge in [-0.25, -0.2) is 0 Å².